The standard InChI is InChI=1S/C14H14ClN3O2/c1-9(15)14-16-13-11(4-3-5-12(13)19-2)18(14)8-10-6-7-20-17-10/h3-7,9H,8H2,1-2H3. The van der Waals surface area contributed by atoms with Crippen LogP contribution >= 0.6 is 11.6 Å². The molecule has 0 aliphatic carbocycles. The lowest BCUT2D eigenvalue weighted by atomic mass is 10.3. The average molecular weight is 292 g/mol. The number of ether oxygens (including phenoxy) is 1. The van der Waals surface area contributed by atoms with Crippen molar-refractivity contribution in [2.45, 2.75) is 18.8 Å². The summed E-state index contributed by atoms with van der Waals surface area (Å²) in [5, 5.41) is 3.73. The molecule has 0 saturated heterocycles. The van der Waals surface area contributed by atoms with E-state index in [0.717, 1.165) is 28.3 Å². The van der Waals surface area contributed by atoms with Crippen LogP contribution < -0.4 is 4.74 Å². The molecule has 0 aliphatic heterocycles. The van der Waals surface area contributed by atoms with E-state index < -0.39 is 0 Å². The Bertz CT molecular complexity index is 719. The van der Waals surface area contributed by atoms with E-state index >= 15 is 0 Å². The topological polar surface area (TPSA) is 53.1 Å². The summed E-state index contributed by atoms with van der Waals surface area (Å²) >= 11 is 6.25. The van der Waals surface area contributed by atoms with Crippen LogP contribution in [0.25, 0.3) is 11.0 Å². The molecule has 6 heteroatoms. The number of hydrogen-bond acceptors (Lipinski definition) is 4. The Labute approximate surface area is 121 Å². The summed E-state index contributed by atoms with van der Waals surface area (Å²) < 4.78 is 12.3. The zero-order valence-electron chi connectivity index (χ0n) is 11.2. The summed E-state index contributed by atoms with van der Waals surface area (Å²) in [6.07, 6.45) is 1.55. The molecule has 0 saturated carbocycles. The third-order valence-electron chi connectivity index (χ3n) is 3.16. The number of nitrogens with zero attached hydrogens (tertiary/aromatic N) is 3. The molecule has 20 heavy (non-hydrogen) atoms. The number of rotatable bonds is 4. The minimum Gasteiger partial charge on any atom is -0.494 e. The normalized spacial score (nSPS) is 12.8. The first-order valence-corrected chi connectivity index (χ1v) is 6.71. The first kappa shape index (κ1) is 13.0. The van der Waals surface area contributed by atoms with Gasteiger partial charge in [0.2, 0.25) is 0 Å². The van der Waals surface area contributed by atoms with Crippen molar-refractivity contribution in [3.8, 4) is 5.75 Å². The Morgan fingerprint density at radius 1 is 1.40 bits per heavy atom. The highest BCUT2D eigenvalue weighted by Gasteiger charge is 2.18. The molecule has 0 fully saturated rings. The van der Waals surface area contributed by atoms with Crippen molar-refractivity contribution in [1.82, 2.24) is 14.7 Å². The second kappa shape index (κ2) is 5.17. The highest BCUT2D eigenvalue weighted by molar-refractivity contribution is 6.20. The number of aromatic nitrogens is 3. The van der Waals surface area contributed by atoms with Crippen LogP contribution in [0.1, 0.15) is 23.8 Å². The van der Waals surface area contributed by atoms with E-state index in [2.05, 4.69) is 10.1 Å². The molecule has 1 atom stereocenters. The molecule has 3 aromatic rings. The van der Waals surface area contributed by atoms with Crippen molar-refractivity contribution >= 4 is 22.6 Å². The van der Waals surface area contributed by atoms with Crippen molar-refractivity contribution in [2.24, 2.45) is 0 Å². The van der Waals surface area contributed by atoms with Gasteiger partial charge in [0.25, 0.3) is 0 Å². The molecule has 104 valence electrons. The zero-order chi connectivity index (χ0) is 14.1. The number of alkyl halides is 1. The Balaban J connectivity index is 2.19. The number of imidazole rings is 1. The summed E-state index contributed by atoms with van der Waals surface area (Å²) in [4.78, 5) is 4.61. The summed E-state index contributed by atoms with van der Waals surface area (Å²) in [5.74, 6) is 1.52. The predicted octanol–water partition coefficient (Wildman–Crippen LogP) is 3.38. The number of hydrogen-bond donors (Lipinski definition) is 0. The molecule has 0 radical (unpaired) electrons. The summed E-state index contributed by atoms with van der Waals surface area (Å²) in [5.41, 5.74) is 2.60. The molecule has 3 rings (SSSR count). The van der Waals surface area contributed by atoms with Gasteiger partial charge in [0.05, 0.1) is 24.5 Å². The van der Waals surface area contributed by atoms with Crippen LogP contribution in [0.2, 0.25) is 0 Å². The minimum absolute atomic E-state index is 0.209. The monoisotopic (exact) mass is 291 g/mol. The minimum atomic E-state index is -0.209. The van der Waals surface area contributed by atoms with Crippen molar-refractivity contribution in [3.63, 3.8) is 0 Å². The van der Waals surface area contributed by atoms with Crippen molar-refractivity contribution in [3.05, 3.63) is 42.0 Å². The van der Waals surface area contributed by atoms with E-state index in [-0.39, 0.29) is 5.38 Å². The predicted molar refractivity (Wildman–Crippen MR) is 76.2 cm³/mol. The van der Waals surface area contributed by atoms with Gasteiger partial charge in [-0.25, -0.2) is 4.98 Å². The van der Waals surface area contributed by atoms with E-state index in [1.165, 1.54) is 0 Å². The number of methoxy groups -OCH3 is 1. The molecule has 0 bridgehead atoms. The van der Waals surface area contributed by atoms with Gasteiger partial charge in [-0.05, 0) is 19.1 Å². The third kappa shape index (κ3) is 2.14. The van der Waals surface area contributed by atoms with Crippen molar-refractivity contribution in [1.29, 1.82) is 0 Å². The Morgan fingerprint density at radius 2 is 2.25 bits per heavy atom. The van der Waals surface area contributed by atoms with Gasteiger partial charge >= 0.3 is 0 Å². The highest BCUT2D eigenvalue weighted by atomic mass is 35.5. The fraction of sp³-hybridized carbons (Fsp3) is 0.286. The third-order valence-corrected chi connectivity index (χ3v) is 3.35. The van der Waals surface area contributed by atoms with Crippen LogP contribution in [0.15, 0.2) is 35.1 Å². The van der Waals surface area contributed by atoms with Gasteiger partial charge in [-0.15, -0.1) is 11.6 Å². The largest absolute Gasteiger partial charge is 0.494 e. The zero-order valence-corrected chi connectivity index (χ0v) is 12.0. The molecule has 2 aromatic heterocycles. The van der Waals surface area contributed by atoms with Crippen LogP contribution in [-0.4, -0.2) is 21.8 Å². The van der Waals surface area contributed by atoms with E-state index in [4.69, 9.17) is 20.9 Å². The van der Waals surface area contributed by atoms with E-state index in [0.29, 0.717) is 6.54 Å². The van der Waals surface area contributed by atoms with Gasteiger partial charge in [0, 0.05) is 6.07 Å². The van der Waals surface area contributed by atoms with Crippen molar-refractivity contribution < 1.29 is 9.26 Å². The van der Waals surface area contributed by atoms with E-state index in [9.17, 15) is 0 Å². The first-order valence-electron chi connectivity index (χ1n) is 6.27. The summed E-state index contributed by atoms with van der Waals surface area (Å²) in [7, 11) is 1.63. The Kier molecular flexibility index (Phi) is 3.36. The lowest BCUT2D eigenvalue weighted by molar-refractivity contribution is 0.409. The van der Waals surface area contributed by atoms with Crippen LogP contribution in [0.4, 0.5) is 0 Å². The van der Waals surface area contributed by atoms with Gasteiger partial charge in [-0.1, -0.05) is 11.2 Å². The number of fused-ring (bicyclic) bond motifs is 1. The SMILES string of the molecule is COc1cccc2c1nc(C(C)Cl)n2Cc1ccon1. The van der Waals surface area contributed by atoms with Crippen LogP contribution in [0.3, 0.4) is 0 Å². The molecule has 5 nitrogen and oxygen atoms in total. The summed E-state index contributed by atoms with van der Waals surface area (Å²) in [6, 6.07) is 7.64. The number of benzene rings is 1. The lowest BCUT2D eigenvalue weighted by Gasteiger charge is -2.08. The van der Waals surface area contributed by atoms with Gasteiger partial charge in [-0.3, -0.25) is 0 Å². The van der Waals surface area contributed by atoms with Crippen LogP contribution in [0, 0.1) is 0 Å². The molecule has 0 amide bonds. The second-order valence-corrected chi connectivity index (χ2v) is 5.15. The molecule has 0 spiro atoms. The van der Waals surface area contributed by atoms with Gasteiger partial charge in [-0.2, -0.15) is 0 Å². The maximum atomic E-state index is 6.25. The summed E-state index contributed by atoms with van der Waals surface area (Å²) in [6.45, 7) is 2.46. The molecule has 1 aromatic carbocycles. The highest BCUT2D eigenvalue weighted by Crippen LogP contribution is 2.30. The van der Waals surface area contributed by atoms with Crippen molar-refractivity contribution in [2.75, 3.05) is 7.11 Å². The maximum absolute atomic E-state index is 6.25. The van der Waals surface area contributed by atoms with Crippen LogP contribution in [-0.2, 0) is 6.54 Å². The van der Waals surface area contributed by atoms with Gasteiger partial charge in [0.1, 0.15) is 29.0 Å². The Morgan fingerprint density at radius 3 is 2.90 bits per heavy atom. The Hall–Kier alpha value is -2.01. The first-order chi connectivity index (χ1) is 9.70. The van der Waals surface area contributed by atoms with Gasteiger partial charge in [0.15, 0.2) is 0 Å². The number of halogens is 1. The lowest BCUT2D eigenvalue weighted by Crippen LogP contribution is -2.05. The molecule has 1 unspecified atom stereocenters. The fourth-order valence-corrected chi connectivity index (χ4v) is 2.42. The average Bonchev–Trinajstić information content (AvgIpc) is 3.07. The smallest absolute Gasteiger partial charge is 0.146 e. The molecule has 0 N–H and O–H groups in total. The molecular formula is C14H14ClN3O2. The van der Waals surface area contributed by atoms with Gasteiger partial charge < -0.3 is 13.8 Å². The molecule has 2 heterocycles. The van der Waals surface area contributed by atoms with E-state index in [1.807, 2.05) is 35.8 Å². The molecule has 0 aliphatic rings. The number of para-hydroxylation sites is 1. The van der Waals surface area contributed by atoms with E-state index in [1.54, 1.807) is 13.4 Å². The quantitative estimate of drug-likeness (QED) is 0.692. The second-order valence-electron chi connectivity index (χ2n) is 4.49. The maximum Gasteiger partial charge on any atom is 0.146 e. The van der Waals surface area contributed by atoms with Crippen LogP contribution in [0.5, 0.6) is 5.75 Å². The fourth-order valence-electron chi connectivity index (χ4n) is 2.25. The molecular weight excluding hydrogens is 278 g/mol.